The predicted molar refractivity (Wildman–Crippen MR) is 55.6 cm³/mol. The van der Waals surface area contributed by atoms with Gasteiger partial charge in [0.15, 0.2) is 0 Å². The zero-order valence-electron chi connectivity index (χ0n) is 7.51. The summed E-state index contributed by atoms with van der Waals surface area (Å²) in [6, 6.07) is 7.59. The molecule has 0 amide bonds. The predicted octanol–water partition coefficient (Wildman–Crippen LogP) is 2.04. The van der Waals surface area contributed by atoms with E-state index < -0.39 is 0 Å². The molecule has 0 bridgehead atoms. The highest BCUT2D eigenvalue weighted by atomic mass is 79.9. The van der Waals surface area contributed by atoms with Gasteiger partial charge in [-0.25, -0.2) is 9.67 Å². The van der Waals surface area contributed by atoms with E-state index in [9.17, 15) is 0 Å². The Hall–Kier alpha value is -1.36. The van der Waals surface area contributed by atoms with Gasteiger partial charge in [0.25, 0.3) is 0 Å². The first kappa shape index (κ1) is 9.21. The first-order chi connectivity index (χ1) is 6.79. The highest BCUT2D eigenvalue weighted by molar-refractivity contribution is 9.10. The Balaban J connectivity index is 2.33. The Labute approximate surface area is 89.7 Å². The second-order valence-electron chi connectivity index (χ2n) is 2.66. The number of nitrogens with zero attached hydrogens (tertiary/aromatic N) is 3. The second-order valence-corrected chi connectivity index (χ2v) is 3.37. The van der Waals surface area contributed by atoms with Gasteiger partial charge in [-0.15, -0.1) is 5.10 Å². The van der Waals surface area contributed by atoms with Gasteiger partial charge in [-0.1, -0.05) is 0 Å². The minimum atomic E-state index is 0.577. The van der Waals surface area contributed by atoms with Crippen molar-refractivity contribution < 1.29 is 4.74 Å². The van der Waals surface area contributed by atoms with E-state index >= 15 is 0 Å². The van der Waals surface area contributed by atoms with E-state index in [1.807, 2.05) is 24.3 Å². The number of methoxy groups -OCH3 is 1. The Morgan fingerprint density at radius 2 is 2.00 bits per heavy atom. The van der Waals surface area contributed by atoms with Crippen LogP contribution in [0.2, 0.25) is 0 Å². The van der Waals surface area contributed by atoms with Crippen LogP contribution in [0.5, 0.6) is 5.75 Å². The molecular weight excluding hydrogens is 246 g/mol. The minimum Gasteiger partial charge on any atom is -0.497 e. The fraction of sp³-hybridized carbons (Fsp3) is 0.111. The molecule has 0 atom stereocenters. The van der Waals surface area contributed by atoms with Crippen molar-refractivity contribution in [2.24, 2.45) is 0 Å². The van der Waals surface area contributed by atoms with Crippen LogP contribution in [0.1, 0.15) is 0 Å². The number of rotatable bonds is 2. The van der Waals surface area contributed by atoms with Crippen LogP contribution in [0.4, 0.5) is 0 Å². The fourth-order valence-electron chi connectivity index (χ4n) is 1.10. The van der Waals surface area contributed by atoms with Crippen LogP contribution in [0, 0.1) is 0 Å². The van der Waals surface area contributed by atoms with Gasteiger partial charge >= 0.3 is 0 Å². The van der Waals surface area contributed by atoms with Crippen molar-refractivity contribution in [1.29, 1.82) is 0 Å². The van der Waals surface area contributed by atoms with E-state index in [2.05, 4.69) is 26.0 Å². The van der Waals surface area contributed by atoms with Crippen LogP contribution in [-0.2, 0) is 0 Å². The van der Waals surface area contributed by atoms with Crippen molar-refractivity contribution in [3.63, 3.8) is 0 Å². The Kier molecular flexibility index (Phi) is 2.49. The van der Waals surface area contributed by atoms with Gasteiger partial charge in [0.1, 0.15) is 12.1 Å². The topological polar surface area (TPSA) is 39.9 Å². The molecule has 1 aromatic heterocycles. The molecule has 72 valence electrons. The Morgan fingerprint density at radius 1 is 1.29 bits per heavy atom. The molecule has 2 rings (SSSR count). The number of hydrogen-bond acceptors (Lipinski definition) is 3. The Morgan fingerprint density at radius 3 is 2.50 bits per heavy atom. The highest BCUT2D eigenvalue weighted by Crippen LogP contribution is 2.14. The maximum atomic E-state index is 5.06. The zero-order chi connectivity index (χ0) is 9.97. The van der Waals surface area contributed by atoms with E-state index in [1.165, 1.54) is 0 Å². The molecule has 0 N–H and O–H groups in total. The summed E-state index contributed by atoms with van der Waals surface area (Å²) >= 11 is 3.19. The maximum absolute atomic E-state index is 5.06. The zero-order valence-corrected chi connectivity index (χ0v) is 9.10. The molecule has 14 heavy (non-hydrogen) atoms. The SMILES string of the molecule is COc1ccc(-n2cnc(Br)n2)cc1. The van der Waals surface area contributed by atoms with Crippen molar-refractivity contribution in [1.82, 2.24) is 14.8 Å². The summed E-state index contributed by atoms with van der Waals surface area (Å²) < 4.78 is 7.32. The van der Waals surface area contributed by atoms with E-state index in [4.69, 9.17) is 4.74 Å². The quantitative estimate of drug-likeness (QED) is 0.823. The monoisotopic (exact) mass is 253 g/mol. The molecule has 1 aromatic carbocycles. The first-order valence-corrected chi connectivity index (χ1v) is 4.80. The van der Waals surface area contributed by atoms with Crippen molar-refractivity contribution in [3.05, 3.63) is 35.3 Å². The average Bonchev–Trinajstić information content (AvgIpc) is 2.65. The van der Waals surface area contributed by atoms with Crippen LogP contribution in [0.15, 0.2) is 35.3 Å². The molecule has 0 spiro atoms. The number of benzene rings is 1. The van der Waals surface area contributed by atoms with Gasteiger partial charge in [0, 0.05) is 0 Å². The molecule has 0 saturated heterocycles. The fourth-order valence-corrected chi connectivity index (χ4v) is 1.36. The van der Waals surface area contributed by atoms with Crippen LogP contribution in [-0.4, -0.2) is 21.9 Å². The van der Waals surface area contributed by atoms with Crippen molar-refractivity contribution in [2.75, 3.05) is 7.11 Å². The molecule has 0 aliphatic heterocycles. The third-order valence-corrected chi connectivity index (χ3v) is 2.16. The summed E-state index contributed by atoms with van der Waals surface area (Å²) in [6.45, 7) is 0. The molecule has 0 unspecified atom stereocenters. The Bertz CT molecular complexity index is 424. The molecule has 2 aromatic rings. The first-order valence-electron chi connectivity index (χ1n) is 4.01. The minimum absolute atomic E-state index is 0.577. The molecule has 0 aliphatic rings. The maximum Gasteiger partial charge on any atom is 0.217 e. The molecule has 0 aliphatic carbocycles. The molecule has 1 heterocycles. The summed E-state index contributed by atoms with van der Waals surface area (Å²) in [6.07, 6.45) is 1.64. The number of ether oxygens (including phenoxy) is 1. The van der Waals surface area contributed by atoms with Gasteiger partial charge in [-0.2, -0.15) is 0 Å². The van der Waals surface area contributed by atoms with Gasteiger partial charge in [0.2, 0.25) is 4.73 Å². The van der Waals surface area contributed by atoms with E-state index in [-0.39, 0.29) is 0 Å². The summed E-state index contributed by atoms with van der Waals surface area (Å²) in [5.74, 6) is 0.827. The molecule has 4 nitrogen and oxygen atoms in total. The van der Waals surface area contributed by atoms with Crippen molar-refractivity contribution in [2.45, 2.75) is 0 Å². The van der Waals surface area contributed by atoms with Crippen LogP contribution in [0.3, 0.4) is 0 Å². The van der Waals surface area contributed by atoms with Crippen molar-refractivity contribution in [3.8, 4) is 11.4 Å². The third kappa shape index (κ3) is 1.77. The van der Waals surface area contributed by atoms with Crippen LogP contribution >= 0.6 is 15.9 Å². The van der Waals surface area contributed by atoms with Gasteiger partial charge in [0.05, 0.1) is 12.8 Å². The summed E-state index contributed by atoms with van der Waals surface area (Å²) in [5, 5.41) is 4.12. The lowest BCUT2D eigenvalue weighted by molar-refractivity contribution is 0.414. The lowest BCUT2D eigenvalue weighted by Gasteiger charge is -2.01. The number of halogens is 1. The molecule has 0 radical (unpaired) electrons. The summed E-state index contributed by atoms with van der Waals surface area (Å²) in [7, 11) is 1.64. The highest BCUT2D eigenvalue weighted by Gasteiger charge is 1.99. The lowest BCUT2D eigenvalue weighted by atomic mass is 10.3. The van der Waals surface area contributed by atoms with Crippen LogP contribution in [0.25, 0.3) is 5.69 Å². The van der Waals surface area contributed by atoms with Gasteiger partial charge in [-0.3, -0.25) is 0 Å². The second kappa shape index (κ2) is 3.79. The third-order valence-electron chi connectivity index (χ3n) is 1.80. The normalized spacial score (nSPS) is 10.1. The van der Waals surface area contributed by atoms with Gasteiger partial charge < -0.3 is 4.74 Å². The molecule has 0 fully saturated rings. The average molecular weight is 254 g/mol. The smallest absolute Gasteiger partial charge is 0.217 e. The standard InChI is InChI=1S/C9H8BrN3O/c1-14-8-4-2-7(3-5-8)13-6-11-9(10)12-13/h2-6H,1H3. The van der Waals surface area contributed by atoms with Gasteiger partial charge in [-0.05, 0) is 40.2 Å². The van der Waals surface area contributed by atoms with Crippen molar-refractivity contribution >= 4 is 15.9 Å². The van der Waals surface area contributed by atoms with E-state index in [0.717, 1.165) is 11.4 Å². The lowest BCUT2D eigenvalue weighted by Crippen LogP contribution is -1.94. The number of hydrogen-bond donors (Lipinski definition) is 0. The molecule has 0 saturated carbocycles. The molecule has 5 heteroatoms. The van der Waals surface area contributed by atoms with Crippen LogP contribution < -0.4 is 4.74 Å². The number of aromatic nitrogens is 3. The largest absolute Gasteiger partial charge is 0.497 e. The summed E-state index contributed by atoms with van der Waals surface area (Å²) in [5.41, 5.74) is 0.948. The van der Waals surface area contributed by atoms with E-state index in [0.29, 0.717) is 4.73 Å². The molecular formula is C9H8BrN3O. The summed E-state index contributed by atoms with van der Waals surface area (Å²) in [4.78, 5) is 3.97. The van der Waals surface area contributed by atoms with E-state index in [1.54, 1.807) is 18.1 Å².